The molecule has 6 heteroatoms. The molecule has 0 aromatic heterocycles. The van der Waals surface area contributed by atoms with Gasteiger partial charge in [0.1, 0.15) is 6.04 Å². The molecule has 0 radical (unpaired) electrons. The molecule has 1 heterocycles. The van der Waals surface area contributed by atoms with Gasteiger partial charge in [0.05, 0.1) is 6.17 Å². The molecule has 2 unspecified atom stereocenters. The van der Waals surface area contributed by atoms with E-state index in [9.17, 15) is 4.79 Å². The molecule has 1 amide bonds. The Morgan fingerprint density at radius 2 is 2.11 bits per heavy atom. The molecule has 98 valence electrons. The molecule has 1 fully saturated rings. The van der Waals surface area contributed by atoms with Crippen LogP contribution in [0.5, 0.6) is 0 Å². The van der Waals surface area contributed by atoms with Crippen LogP contribution in [0.4, 0.5) is 0 Å². The maximum Gasteiger partial charge on any atom is 0.238 e. The molecule has 1 aliphatic rings. The summed E-state index contributed by atoms with van der Waals surface area (Å²) >= 11 is 5.80. The Balaban J connectivity index is 1.72. The van der Waals surface area contributed by atoms with Crippen LogP contribution in [-0.4, -0.2) is 24.7 Å². The molecule has 0 bridgehead atoms. The van der Waals surface area contributed by atoms with Crippen molar-refractivity contribution in [2.24, 2.45) is 5.73 Å². The highest BCUT2D eigenvalue weighted by Crippen LogP contribution is 2.09. The van der Waals surface area contributed by atoms with Gasteiger partial charge in [-0.3, -0.25) is 4.79 Å². The van der Waals surface area contributed by atoms with Gasteiger partial charge in [-0.1, -0.05) is 23.7 Å². The van der Waals surface area contributed by atoms with E-state index in [0.29, 0.717) is 13.0 Å². The molecule has 18 heavy (non-hydrogen) atoms. The predicted octanol–water partition coefficient (Wildman–Crippen LogP) is 0.150. The predicted molar refractivity (Wildman–Crippen MR) is 70.8 cm³/mol. The van der Waals surface area contributed by atoms with Crippen LogP contribution >= 0.6 is 11.6 Å². The van der Waals surface area contributed by atoms with Gasteiger partial charge in [-0.2, -0.15) is 0 Å². The Morgan fingerprint density at radius 3 is 2.72 bits per heavy atom. The Morgan fingerprint density at radius 1 is 1.39 bits per heavy atom. The van der Waals surface area contributed by atoms with E-state index in [4.69, 9.17) is 17.3 Å². The largest absolute Gasteiger partial charge is 0.354 e. The summed E-state index contributed by atoms with van der Waals surface area (Å²) in [6.07, 6.45) is 1.24. The van der Waals surface area contributed by atoms with Crippen LogP contribution in [0.3, 0.4) is 0 Å². The maximum atomic E-state index is 11.7. The van der Waals surface area contributed by atoms with Crippen LogP contribution in [-0.2, 0) is 11.2 Å². The first-order valence-corrected chi connectivity index (χ1v) is 6.32. The minimum atomic E-state index is -0.245. The zero-order valence-corrected chi connectivity index (χ0v) is 10.7. The summed E-state index contributed by atoms with van der Waals surface area (Å²) in [7, 11) is 0. The molecule has 2 rings (SSSR count). The second kappa shape index (κ2) is 6.15. The lowest BCUT2D eigenvalue weighted by molar-refractivity contribution is -0.122. The number of halogens is 1. The first-order chi connectivity index (χ1) is 8.65. The number of nitrogens with two attached hydrogens (primary N) is 1. The average Bonchev–Trinajstić information content (AvgIpc) is 2.78. The lowest BCUT2D eigenvalue weighted by atomic mass is 10.1. The number of carbonyl (C=O) groups excluding carboxylic acids is 1. The van der Waals surface area contributed by atoms with Crippen molar-refractivity contribution >= 4 is 17.5 Å². The van der Waals surface area contributed by atoms with Crippen LogP contribution in [0.2, 0.25) is 5.02 Å². The minimum absolute atomic E-state index is 0.0237. The third kappa shape index (κ3) is 3.68. The van der Waals surface area contributed by atoms with Crippen LogP contribution < -0.4 is 21.9 Å². The lowest BCUT2D eigenvalue weighted by Gasteiger charge is -2.10. The summed E-state index contributed by atoms with van der Waals surface area (Å²) in [4.78, 5) is 11.7. The number of hydrazine groups is 1. The van der Waals surface area contributed by atoms with Gasteiger partial charge < -0.3 is 11.1 Å². The van der Waals surface area contributed by atoms with E-state index in [0.717, 1.165) is 17.0 Å². The molecule has 0 spiro atoms. The standard InChI is InChI=1S/C12H17ClN4O/c13-9-3-1-8(2-4-9)5-6-15-12(18)10-7-11(14)17-16-10/h1-4,10-11,16-17H,5-7,14H2,(H,15,18). The summed E-state index contributed by atoms with van der Waals surface area (Å²) in [5, 5.41) is 3.60. The summed E-state index contributed by atoms with van der Waals surface area (Å²) in [6.45, 7) is 0.605. The third-order valence-corrected chi connectivity index (χ3v) is 3.13. The molecule has 5 N–H and O–H groups in total. The van der Waals surface area contributed by atoms with E-state index in [2.05, 4.69) is 16.2 Å². The normalized spacial score (nSPS) is 23.0. The van der Waals surface area contributed by atoms with Crippen LogP contribution in [0, 0.1) is 0 Å². The third-order valence-electron chi connectivity index (χ3n) is 2.88. The Bertz CT molecular complexity index is 409. The van der Waals surface area contributed by atoms with Gasteiger partial charge in [0.2, 0.25) is 5.91 Å². The van der Waals surface area contributed by atoms with E-state index in [-0.39, 0.29) is 18.1 Å². The van der Waals surface area contributed by atoms with Gasteiger partial charge in [-0.15, -0.1) is 0 Å². The highest BCUT2D eigenvalue weighted by molar-refractivity contribution is 6.30. The molecular weight excluding hydrogens is 252 g/mol. The summed E-state index contributed by atoms with van der Waals surface area (Å²) < 4.78 is 0. The van der Waals surface area contributed by atoms with Gasteiger partial charge in [0.25, 0.3) is 0 Å². The minimum Gasteiger partial charge on any atom is -0.354 e. The number of rotatable bonds is 4. The highest BCUT2D eigenvalue weighted by atomic mass is 35.5. The Hall–Kier alpha value is -1.14. The van der Waals surface area contributed by atoms with Crippen molar-refractivity contribution in [1.82, 2.24) is 16.2 Å². The van der Waals surface area contributed by atoms with E-state index in [1.165, 1.54) is 0 Å². The van der Waals surface area contributed by atoms with Crippen molar-refractivity contribution in [3.8, 4) is 0 Å². The van der Waals surface area contributed by atoms with Gasteiger partial charge >= 0.3 is 0 Å². The molecule has 0 saturated carbocycles. The number of amides is 1. The zero-order chi connectivity index (χ0) is 13.0. The van der Waals surface area contributed by atoms with E-state index in [1.54, 1.807) is 0 Å². The Kier molecular flexibility index (Phi) is 4.54. The summed E-state index contributed by atoms with van der Waals surface area (Å²) in [5.41, 5.74) is 12.5. The summed E-state index contributed by atoms with van der Waals surface area (Å²) in [6, 6.07) is 7.37. The average molecular weight is 269 g/mol. The van der Waals surface area contributed by atoms with E-state index in [1.807, 2.05) is 24.3 Å². The molecule has 1 aromatic rings. The van der Waals surface area contributed by atoms with Crippen molar-refractivity contribution in [3.05, 3.63) is 34.9 Å². The van der Waals surface area contributed by atoms with Crippen LogP contribution in [0.1, 0.15) is 12.0 Å². The quantitative estimate of drug-likeness (QED) is 0.627. The molecule has 0 aliphatic carbocycles. The number of carbonyl (C=O) groups is 1. The second-order valence-corrected chi connectivity index (χ2v) is 4.79. The van der Waals surface area contributed by atoms with Crippen molar-refractivity contribution < 1.29 is 4.79 Å². The van der Waals surface area contributed by atoms with E-state index >= 15 is 0 Å². The molecule has 1 aliphatic heterocycles. The number of benzene rings is 1. The smallest absolute Gasteiger partial charge is 0.238 e. The molecule has 1 aromatic carbocycles. The highest BCUT2D eigenvalue weighted by Gasteiger charge is 2.26. The topological polar surface area (TPSA) is 79.2 Å². The van der Waals surface area contributed by atoms with Crippen molar-refractivity contribution in [3.63, 3.8) is 0 Å². The number of nitrogens with one attached hydrogen (secondary N) is 3. The second-order valence-electron chi connectivity index (χ2n) is 4.35. The SMILES string of the molecule is NC1CC(C(=O)NCCc2ccc(Cl)cc2)NN1. The van der Waals surface area contributed by atoms with Gasteiger partial charge in [0.15, 0.2) is 0 Å². The van der Waals surface area contributed by atoms with Crippen molar-refractivity contribution in [2.45, 2.75) is 25.0 Å². The van der Waals surface area contributed by atoms with Crippen LogP contribution in [0.25, 0.3) is 0 Å². The fourth-order valence-corrected chi connectivity index (χ4v) is 1.98. The molecular formula is C12H17ClN4O. The van der Waals surface area contributed by atoms with Crippen molar-refractivity contribution in [1.29, 1.82) is 0 Å². The summed E-state index contributed by atoms with van der Waals surface area (Å²) in [5.74, 6) is -0.0237. The number of hydrogen-bond acceptors (Lipinski definition) is 4. The first-order valence-electron chi connectivity index (χ1n) is 5.94. The fraction of sp³-hybridized carbons (Fsp3) is 0.417. The monoisotopic (exact) mass is 268 g/mol. The maximum absolute atomic E-state index is 11.7. The lowest BCUT2D eigenvalue weighted by Crippen LogP contribution is -2.44. The van der Waals surface area contributed by atoms with Crippen LogP contribution in [0.15, 0.2) is 24.3 Å². The molecule has 2 atom stereocenters. The van der Waals surface area contributed by atoms with Gasteiger partial charge in [-0.05, 0) is 24.1 Å². The fourth-order valence-electron chi connectivity index (χ4n) is 1.86. The van der Waals surface area contributed by atoms with Gasteiger partial charge in [0, 0.05) is 18.0 Å². The Labute approximate surface area is 111 Å². The van der Waals surface area contributed by atoms with Gasteiger partial charge in [-0.25, -0.2) is 10.9 Å². The first kappa shape index (κ1) is 13.3. The van der Waals surface area contributed by atoms with E-state index < -0.39 is 0 Å². The molecule has 1 saturated heterocycles. The zero-order valence-electron chi connectivity index (χ0n) is 9.95. The number of hydrogen-bond donors (Lipinski definition) is 4. The molecule has 5 nitrogen and oxygen atoms in total. The van der Waals surface area contributed by atoms with Crippen molar-refractivity contribution in [2.75, 3.05) is 6.54 Å².